The van der Waals surface area contributed by atoms with Gasteiger partial charge in [-0.1, -0.05) is 23.9 Å². The number of thioether (sulfide) groups is 1. The highest BCUT2D eigenvalue weighted by Crippen LogP contribution is 2.24. The first kappa shape index (κ1) is 14.6. The van der Waals surface area contributed by atoms with Gasteiger partial charge in [-0.2, -0.15) is 5.10 Å². The third-order valence-electron chi connectivity index (χ3n) is 3.48. The number of nitrogens with two attached hydrogens (primary N) is 1. The summed E-state index contributed by atoms with van der Waals surface area (Å²) >= 11 is 1.52. The van der Waals surface area contributed by atoms with Gasteiger partial charge >= 0.3 is 0 Å². The zero-order valence-corrected chi connectivity index (χ0v) is 13.4. The minimum Gasteiger partial charge on any atom is -0.461 e. The molecule has 0 unspecified atom stereocenters. The van der Waals surface area contributed by atoms with Crippen LogP contribution in [0.5, 0.6) is 0 Å². The molecule has 7 nitrogen and oxygen atoms in total. The maximum absolute atomic E-state index is 6.05. The first-order valence-corrected chi connectivity index (χ1v) is 8.26. The Morgan fingerprint density at radius 2 is 1.96 bits per heavy atom. The van der Waals surface area contributed by atoms with Crippen molar-refractivity contribution in [3.05, 3.63) is 66.7 Å². The molecule has 3 aromatic heterocycles. The first-order valence-electron chi connectivity index (χ1n) is 7.27. The predicted molar refractivity (Wildman–Crippen MR) is 91.0 cm³/mol. The smallest absolute Gasteiger partial charge is 0.218 e. The lowest BCUT2D eigenvalue weighted by atomic mass is 10.2. The van der Waals surface area contributed by atoms with Crippen LogP contribution >= 0.6 is 11.8 Å². The predicted octanol–water partition coefficient (Wildman–Crippen LogP) is 2.73. The van der Waals surface area contributed by atoms with E-state index in [9.17, 15) is 0 Å². The summed E-state index contributed by atoms with van der Waals surface area (Å²) in [6, 6.07) is 13.7. The Hall–Kier alpha value is -3.00. The summed E-state index contributed by atoms with van der Waals surface area (Å²) in [4.78, 5) is 0. The van der Waals surface area contributed by atoms with E-state index in [1.807, 2.05) is 29.1 Å². The van der Waals surface area contributed by atoms with Crippen LogP contribution in [0, 0.1) is 0 Å². The molecule has 24 heavy (non-hydrogen) atoms. The number of aromatic nitrogens is 5. The third kappa shape index (κ3) is 2.79. The van der Waals surface area contributed by atoms with Gasteiger partial charge < -0.3 is 10.3 Å². The van der Waals surface area contributed by atoms with Crippen molar-refractivity contribution in [1.29, 1.82) is 0 Å². The van der Waals surface area contributed by atoms with Crippen molar-refractivity contribution < 1.29 is 4.42 Å². The van der Waals surface area contributed by atoms with Crippen molar-refractivity contribution in [2.75, 3.05) is 5.84 Å². The normalized spacial score (nSPS) is 11.0. The van der Waals surface area contributed by atoms with E-state index in [0.29, 0.717) is 16.7 Å². The molecule has 0 aliphatic rings. The van der Waals surface area contributed by atoms with Crippen molar-refractivity contribution in [1.82, 2.24) is 24.7 Å². The quantitative estimate of drug-likeness (QED) is 0.445. The van der Waals surface area contributed by atoms with Crippen LogP contribution in [0.25, 0.3) is 17.3 Å². The highest BCUT2D eigenvalue weighted by Gasteiger charge is 2.14. The molecule has 0 radical (unpaired) electrons. The standard InChI is InChI=1S/C16H14N6OS/c17-22-15(14-3-1-10-23-14)19-20-16(22)24-11-12-4-6-13(7-5-12)21-9-2-8-18-21/h1-10H,11,17H2. The monoisotopic (exact) mass is 338 g/mol. The lowest BCUT2D eigenvalue weighted by Gasteiger charge is -2.05. The maximum atomic E-state index is 6.05. The van der Waals surface area contributed by atoms with Gasteiger partial charge in [0.1, 0.15) is 0 Å². The summed E-state index contributed by atoms with van der Waals surface area (Å²) in [5, 5.41) is 13.1. The SMILES string of the molecule is Nn1c(SCc2ccc(-n3cccn3)cc2)nnc1-c1ccco1. The van der Waals surface area contributed by atoms with E-state index in [1.165, 1.54) is 22.0 Å². The molecular formula is C16H14N6OS. The van der Waals surface area contributed by atoms with Crippen LogP contribution in [-0.4, -0.2) is 24.7 Å². The second-order valence-corrected chi connectivity index (χ2v) is 6.00. The molecule has 4 rings (SSSR count). The van der Waals surface area contributed by atoms with Gasteiger partial charge in [-0.3, -0.25) is 0 Å². The number of nitrogen functional groups attached to an aromatic ring is 1. The average molecular weight is 338 g/mol. The molecule has 0 aliphatic carbocycles. The van der Waals surface area contributed by atoms with Crippen molar-refractivity contribution in [2.24, 2.45) is 0 Å². The van der Waals surface area contributed by atoms with Crippen LogP contribution in [0.3, 0.4) is 0 Å². The number of rotatable bonds is 5. The summed E-state index contributed by atoms with van der Waals surface area (Å²) in [7, 11) is 0. The fourth-order valence-corrected chi connectivity index (χ4v) is 3.08. The fourth-order valence-electron chi connectivity index (χ4n) is 2.26. The number of hydrogen-bond acceptors (Lipinski definition) is 6. The molecule has 0 saturated carbocycles. The van der Waals surface area contributed by atoms with E-state index in [4.69, 9.17) is 10.3 Å². The van der Waals surface area contributed by atoms with E-state index in [-0.39, 0.29) is 0 Å². The molecule has 0 aliphatic heterocycles. The summed E-state index contributed by atoms with van der Waals surface area (Å²) in [6.45, 7) is 0. The summed E-state index contributed by atoms with van der Waals surface area (Å²) in [5.41, 5.74) is 2.19. The van der Waals surface area contributed by atoms with Gasteiger partial charge in [-0.05, 0) is 35.9 Å². The molecule has 0 saturated heterocycles. The van der Waals surface area contributed by atoms with Crippen LogP contribution in [-0.2, 0) is 5.75 Å². The molecule has 0 spiro atoms. The van der Waals surface area contributed by atoms with Crippen LogP contribution in [0.15, 0.2) is 70.7 Å². The van der Waals surface area contributed by atoms with Crippen LogP contribution < -0.4 is 5.84 Å². The van der Waals surface area contributed by atoms with Gasteiger partial charge in [0.15, 0.2) is 5.76 Å². The lowest BCUT2D eigenvalue weighted by molar-refractivity contribution is 0.574. The molecule has 0 amide bonds. The van der Waals surface area contributed by atoms with Crippen molar-refractivity contribution >= 4 is 11.8 Å². The highest BCUT2D eigenvalue weighted by atomic mass is 32.2. The van der Waals surface area contributed by atoms with E-state index >= 15 is 0 Å². The molecule has 0 fully saturated rings. The molecule has 1 aromatic carbocycles. The Balaban J connectivity index is 1.46. The van der Waals surface area contributed by atoms with Crippen LogP contribution in [0.1, 0.15) is 5.56 Å². The first-order chi connectivity index (χ1) is 11.8. The minimum absolute atomic E-state index is 0.511. The van der Waals surface area contributed by atoms with E-state index in [1.54, 1.807) is 24.6 Å². The lowest BCUT2D eigenvalue weighted by Crippen LogP contribution is -2.11. The van der Waals surface area contributed by atoms with Gasteiger partial charge in [-0.15, -0.1) is 10.2 Å². The van der Waals surface area contributed by atoms with Gasteiger partial charge in [0.05, 0.1) is 12.0 Å². The third-order valence-corrected chi connectivity index (χ3v) is 4.49. The highest BCUT2D eigenvalue weighted by molar-refractivity contribution is 7.98. The maximum Gasteiger partial charge on any atom is 0.218 e. The topological polar surface area (TPSA) is 87.7 Å². The van der Waals surface area contributed by atoms with Crippen LogP contribution in [0.2, 0.25) is 0 Å². The Morgan fingerprint density at radius 3 is 2.67 bits per heavy atom. The summed E-state index contributed by atoms with van der Waals surface area (Å²) in [5.74, 6) is 7.90. The van der Waals surface area contributed by atoms with Crippen molar-refractivity contribution in [3.8, 4) is 17.3 Å². The van der Waals surface area contributed by atoms with Crippen molar-refractivity contribution in [3.63, 3.8) is 0 Å². The second kappa shape index (κ2) is 6.25. The van der Waals surface area contributed by atoms with E-state index < -0.39 is 0 Å². The molecule has 120 valence electrons. The van der Waals surface area contributed by atoms with E-state index in [0.717, 1.165) is 11.4 Å². The van der Waals surface area contributed by atoms with E-state index in [2.05, 4.69) is 27.4 Å². The Kier molecular flexibility index (Phi) is 3.80. The second-order valence-electron chi connectivity index (χ2n) is 5.06. The molecule has 0 atom stereocenters. The van der Waals surface area contributed by atoms with Gasteiger partial charge in [0.2, 0.25) is 11.0 Å². The average Bonchev–Trinajstić information content (AvgIpc) is 3.36. The Bertz CT molecular complexity index is 912. The molecule has 8 heteroatoms. The molecular weight excluding hydrogens is 324 g/mol. The number of hydrogen-bond donors (Lipinski definition) is 1. The number of nitrogens with zero attached hydrogens (tertiary/aromatic N) is 5. The Morgan fingerprint density at radius 1 is 1.08 bits per heavy atom. The Labute approximate surface area is 142 Å². The number of benzene rings is 1. The fraction of sp³-hybridized carbons (Fsp3) is 0.0625. The minimum atomic E-state index is 0.511. The number of furan rings is 1. The van der Waals surface area contributed by atoms with Gasteiger partial charge in [0, 0.05) is 18.1 Å². The van der Waals surface area contributed by atoms with Crippen LogP contribution in [0.4, 0.5) is 0 Å². The molecule has 0 bridgehead atoms. The largest absolute Gasteiger partial charge is 0.461 e. The molecule has 3 heterocycles. The van der Waals surface area contributed by atoms with Gasteiger partial charge in [0.25, 0.3) is 0 Å². The van der Waals surface area contributed by atoms with Crippen molar-refractivity contribution in [2.45, 2.75) is 10.9 Å². The zero-order chi connectivity index (χ0) is 16.4. The summed E-state index contributed by atoms with van der Waals surface area (Å²) < 4.78 is 8.57. The summed E-state index contributed by atoms with van der Waals surface area (Å²) in [6.07, 6.45) is 5.25. The molecule has 4 aromatic rings. The van der Waals surface area contributed by atoms with Gasteiger partial charge in [-0.25, -0.2) is 9.36 Å². The molecule has 2 N–H and O–H groups in total. The zero-order valence-electron chi connectivity index (χ0n) is 12.6.